The maximum absolute atomic E-state index is 14.3. The molecule has 0 bridgehead atoms. The molecule has 2 aromatic heterocycles. The first kappa shape index (κ1) is 21.4. The predicted octanol–water partition coefficient (Wildman–Crippen LogP) is 4.43. The molecule has 2 heterocycles. The number of hydrogen-bond acceptors (Lipinski definition) is 5. The Kier molecular flexibility index (Phi) is 6.76. The Bertz CT molecular complexity index is 1090. The first-order valence-electron chi connectivity index (χ1n) is 9.14. The largest absolute Gasteiger partial charge is 0.392 e. The summed E-state index contributed by atoms with van der Waals surface area (Å²) in [5, 5.41) is 15.6. The van der Waals surface area contributed by atoms with Gasteiger partial charge in [0.1, 0.15) is 5.82 Å². The van der Waals surface area contributed by atoms with E-state index in [4.69, 9.17) is 11.6 Å². The molecule has 0 aliphatic heterocycles. The molecule has 30 heavy (non-hydrogen) atoms. The van der Waals surface area contributed by atoms with Crippen LogP contribution in [0.2, 0.25) is 5.02 Å². The van der Waals surface area contributed by atoms with Gasteiger partial charge in [-0.25, -0.2) is 4.39 Å². The number of aliphatic hydroxyl groups is 1. The zero-order chi connectivity index (χ0) is 21.7. The fraction of sp³-hybridized carbons (Fsp3) is 0.136. The molecule has 154 valence electrons. The molecule has 0 aliphatic carbocycles. The van der Waals surface area contributed by atoms with E-state index in [1.807, 2.05) is 0 Å². The van der Waals surface area contributed by atoms with Crippen LogP contribution >= 0.6 is 11.6 Å². The molecule has 6 nitrogen and oxygen atoms in total. The maximum atomic E-state index is 14.3. The lowest BCUT2D eigenvalue weighted by molar-refractivity contribution is 0.0924. The van der Waals surface area contributed by atoms with E-state index in [-0.39, 0.29) is 18.0 Å². The van der Waals surface area contributed by atoms with E-state index < -0.39 is 11.9 Å². The van der Waals surface area contributed by atoms with E-state index in [0.29, 0.717) is 33.2 Å². The Hall–Kier alpha value is -3.29. The number of benzene rings is 1. The van der Waals surface area contributed by atoms with E-state index in [2.05, 4.69) is 27.2 Å². The number of nitrogens with one attached hydrogen (secondary N) is 2. The number of hydrogen-bond donors (Lipinski definition) is 3. The van der Waals surface area contributed by atoms with Crippen molar-refractivity contribution in [2.75, 3.05) is 11.9 Å². The highest BCUT2D eigenvalue weighted by molar-refractivity contribution is 6.30. The van der Waals surface area contributed by atoms with Crippen LogP contribution in [0.3, 0.4) is 0 Å². The van der Waals surface area contributed by atoms with Gasteiger partial charge in [0.15, 0.2) is 0 Å². The SMILES string of the molecule is C=Cc1cnc(-c2cc(Cl)ccc2F)cc1Nc1ccncc1C(=O)NC[C@H](C)O. The van der Waals surface area contributed by atoms with Gasteiger partial charge in [0.2, 0.25) is 0 Å². The van der Waals surface area contributed by atoms with Gasteiger partial charge in [-0.3, -0.25) is 14.8 Å². The second-order valence-electron chi connectivity index (χ2n) is 6.59. The topological polar surface area (TPSA) is 87.1 Å². The van der Waals surface area contributed by atoms with E-state index in [1.165, 1.54) is 24.4 Å². The van der Waals surface area contributed by atoms with E-state index in [1.54, 1.807) is 37.5 Å². The van der Waals surface area contributed by atoms with Crippen LogP contribution in [0.5, 0.6) is 0 Å². The molecule has 8 heteroatoms. The van der Waals surface area contributed by atoms with E-state index in [9.17, 15) is 14.3 Å². The number of nitrogens with zero attached hydrogens (tertiary/aromatic N) is 2. The summed E-state index contributed by atoms with van der Waals surface area (Å²) in [7, 11) is 0. The third-order valence-corrected chi connectivity index (χ3v) is 4.49. The van der Waals surface area contributed by atoms with Crippen LogP contribution < -0.4 is 10.6 Å². The molecule has 0 radical (unpaired) electrons. The molecule has 3 N–H and O–H groups in total. The maximum Gasteiger partial charge on any atom is 0.255 e. The standard InChI is InChI=1S/C22H20ClFN4O2/c1-3-14-11-26-21(16-8-15(23)4-5-18(16)24)9-20(14)28-19-6-7-25-12-17(19)22(30)27-10-13(2)29/h3-9,11-13,29H,1,10H2,2H3,(H,27,30)(H,25,26,28)/t13-/m0/s1. The molecule has 0 saturated carbocycles. The molecule has 0 aliphatic rings. The van der Waals surface area contributed by atoms with E-state index >= 15 is 0 Å². The lowest BCUT2D eigenvalue weighted by Crippen LogP contribution is -2.31. The lowest BCUT2D eigenvalue weighted by atomic mass is 10.1. The monoisotopic (exact) mass is 426 g/mol. The second-order valence-corrected chi connectivity index (χ2v) is 7.03. The summed E-state index contributed by atoms with van der Waals surface area (Å²) in [5.41, 5.74) is 2.64. The van der Waals surface area contributed by atoms with Gasteiger partial charge in [-0.2, -0.15) is 0 Å². The molecule has 3 rings (SSSR count). The number of carbonyl (C=O) groups is 1. The van der Waals surface area contributed by atoms with E-state index in [0.717, 1.165) is 0 Å². The number of aromatic nitrogens is 2. The molecule has 0 saturated heterocycles. The van der Waals surface area contributed by atoms with Crippen molar-refractivity contribution in [3.63, 3.8) is 0 Å². The molecule has 0 spiro atoms. The summed E-state index contributed by atoms with van der Waals surface area (Å²) >= 11 is 6.01. The van der Waals surface area contributed by atoms with Crippen molar-refractivity contribution in [2.45, 2.75) is 13.0 Å². The Balaban J connectivity index is 1.98. The van der Waals surface area contributed by atoms with Gasteiger partial charge >= 0.3 is 0 Å². The van der Waals surface area contributed by atoms with Crippen molar-refractivity contribution in [3.8, 4) is 11.3 Å². The zero-order valence-electron chi connectivity index (χ0n) is 16.2. The Labute approximate surface area is 178 Å². The number of halogens is 2. The highest BCUT2D eigenvalue weighted by atomic mass is 35.5. The van der Waals surface area contributed by atoms with Crippen molar-refractivity contribution in [3.05, 3.63) is 77.5 Å². The number of carbonyl (C=O) groups excluding carboxylic acids is 1. The number of anilines is 2. The summed E-state index contributed by atoms with van der Waals surface area (Å²) < 4.78 is 14.3. The van der Waals surface area contributed by atoms with Gasteiger partial charge < -0.3 is 15.7 Å². The van der Waals surface area contributed by atoms with Gasteiger partial charge in [-0.1, -0.05) is 24.3 Å². The van der Waals surface area contributed by atoms with Crippen molar-refractivity contribution in [1.29, 1.82) is 0 Å². The summed E-state index contributed by atoms with van der Waals surface area (Å²) in [5.74, 6) is -0.840. The normalized spacial score (nSPS) is 11.6. The molecule has 0 unspecified atom stereocenters. The van der Waals surface area contributed by atoms with Crippen molar-refractivity contribution in [2.24, 2.45) is 0 Å². The Morgan fingerprint density at radius 3 is 2.83 bits per heavy atom. The third kappa shape index (κ3) is 5.00. The fourth-order valence-electron chi connectivity index (χ4n) is 2.74. The van der Waals surface area contributed by atoms with Crippen LogP contribution in [-0.4, -0.2) is 33.6 Å². The fourth-order valence-corrected chi connectivity index (χ4v) is 2.92. The number of rotatable bonds is 7. The predicted molar refractivity (Wildman–Crippen MR) is 116 cm³/mol. The first-order valence-corrected chi connectivity index (χ1v) is 9.52. The van der Waals surface area contributed by atoms with Crippen LogP contribution in [0.25, 0.3) is 17.3 Å². The smallest absolute Gasteiger partial charge is 0.255 e. The minimum Gasteiger partial charge on any atom is -0.392 e. The number of amides is 1. The van der Waals surface area contributed by atoms with Crippen molar-refractivity contribution < 1.29 is 14.3 Å². The average molecular weight is 427 g/mol. The number of aliphatic hydroxyl groups excluding tert-OH is 1. The van der Waals surface area contributed by atoms with Gasteiger partial charge in [0.05, 0.1) is 23.0 Å². The molecule has 1 aromatic carbocycles. The number of pyridine rings is 2. The summed E-state index contributed by atoms with van der Waals surface area (Å²) in [6.07, 6.45) is 5.44. The van der Waals surface area contributed by atoms with Crippen LogP contribution in [-0.2, 0) is 0 Å². The third-order valence-electron chi connectivity index (χ3n) is 4.25. The van der Waals surface area contributed by atoms with Crippen LogP contribution in [0.15, 0.2) is 55.5 Å². The molecule has 1 amide bonds. The summed E-state index contributed by atoms with van der Waals surface area (Å²) in [6, 6.07) is 7.54. The minimum absolute atomic E-state index is 0.110. The zero-order valence-corrected chi connectivity index (χ0v) is 16.9. The quantitative estimate of drug-likeness (QED) is 0.520. The van der Waals surface area contributed by atoms with Crippen molar-refractivity contribution >= 4 is 35.0 Å². The minimum atomic E-state index is -0.676. The van der Waals surface area contributed by atoms with Crippen molar-refractivity contribution in [1.82, 2.24) is 15.3 Å². The van der Waals surface area contributed by atoms with Gasteiger partial charge in [-0.15, -0.1) is 0 Å². The Morgan fingerprint density at radius 1 is 1.30 bits per heavy atom. The molecular weight excluding hydrogens is 407 g/mol. The summed E-state index contributed by atoms with van der Waals surface area (Å²) in [6.45, 7) is 5.46. The van der Waals surface area contributed by atoms with Crippen LogP contribution in [0.1, 0.15) is 22.8 Å². The van der Waals surface area contributed by atoms with Gasteiger partial charge in [0, 0.05) is 47.0 Å². The molecular formula is C22H20ClFN4O2. The summed E-state index contributed by atoms with van der Waals surface area (Å²) in [4.78, 5) is 20.8. The average Bonchev–Trinajstić information content (AvgIpc) is 2.74. The second kappa shape index (κ2) is 9.47. The lowest BCUT2D eigenvalue weighted by Gasteiger charge is -2.15. The van der Waals surface area contributed by atoms with Crippen LogP contribution in [0, 0.1) is 5.82 Å². The Morgan fingerprint density at radius 2 is 2.10 bits per heavy atom. The first-order chi connectivity index (χ1) is 14.4. The van der Waals surface area contributed by atoms with Crippen LogP contribution in [0.4, 0.5) is 15.8 Å². The van der Waals surface area contributed by atoms with Gasteiger partial charge in [0.25, 0.3) is 5.91 Å². The highest BCUT2D eigenvalue weighted by Crippen LogP contribution is 2.30. The van der Waals surface area contributed by atoms with Gasteiger partial charge in [-0.05, 0) is 37.3 Å². The molecule has 1 atom stereocenters. The molecule has 0 fully saturated rings. The molecule has 3 aromatic rings. The highest BCUT2D eigenvalue weighted by Gasteiger charge is 2.15.